The van der Waals surface area contributed by atoms with Crippen molar-refractivity contribution >= 4 is 11.4 Å². The fourth-order valence-electron chi connectivity index (χ4n) is 2.22. The molecule has 0 aliphatic heterocycles. The summed E-state index contributed by atoms with van der Waals surface area (Å²) in [6, 6.07) is 5.91. The maximum Gasteiger partial charge on any atom is 0.136 e. The molecule has 0 saturated heterocycles. The van der Waals surface area contributed by atoms with Crippen molar-refractivity contribution in [1.82, 2.24) is 14.5 Å². The van der Waals surface area contributed by atoms with Crippen molar-refractivity contribution in [3.63, 3.8) is 0 Å². The highest BCUT2D eigenvalue weighted by Gasteiger charge is 2.29. The van der Waals surface area contributed by atoms with Gasteiger partial charge in [0.1, 0.15) is 10.5 Å². The fourth-order valence-corrected chi connectivity index (χ4v) is 3.03. The number of hydrogen-bond donors (Lipinski definition) is 1. The lowest BCUT2D eigenvalue weighted by Gasteiger charge is -2.27. The molecule has 0 fully saturated rings. The van der Waals surface area contributed by atoms with E-state index < -0.39 is 11.4 Å². The molecule has 1 aromatic heterocycles. The Morgan fingerprint density at radius 2 is 2.00 bits per heavy atom. The van der Waals surface area contributed by atoms with E-state index in [2.05, 4.69) is 15.9 Å². The number of benzene rings is 1. The third kappa shape index (κ3) is 4.28. The number of nitrogens with one attached hydrogen (secondary N) is 1. The first-order chi connectivity index (χ1) is 10.7. The lowest BCUT2D eigenvalue weighted by molar-refractivity contribution is 0.405. The van der Waals surface area contributed by atoms with E-state index >= 15 is 0 Å². The Morgan fingerprint density at radius 3 is 2.52 bits per heavy atom. The van der Waals surface area contributed by atoms with Crippen LogP contribution in [0, 0.1) is 0 Å². The number of ether oxygens (including phenoxy) is 1. The van der Waals surface area contributed by atoms with Gasteiger partial charge in [-0.3, -0.25) is 4.68 Å². The van der Waals surface area contributed by atoms with Crippen LogP contribution in [-0.2, 0) is 18.4 Å². The number of hydrogen-bond acceptors (Lipinski definition) is 4. The Bertz CT molecular complexity index is 664. The minimum Gasteiger partial charge on any atom is -0.598 e. The van der Waals surface area contributed by atoms with Crippen molar-refractivity contribution < 1.29 is 9.29 Å². The van der Waals surface area contributed by atoms with Gasteiger partial charge in [-0.15, -0.1) is 4.72 Å². The minimum atomic E-state index is -1.15. The smallest absolute Gasteiger partial charge is 0.136 e. The Kier molecular flexibility index (Phi) is 5.39. The maximum absolute atomic E-state index is 12.4. The highest BCUT2D eigenvalue weighted by atomic mass is 32.2. The molecule has 1 aromatic carbocycles. The van der Waals surface area contributed by atoms with Crippen LogP contribution in [-0.4, -0.2) is 26.2 Å². The summed E-state index contributed by atoms with van der Waals surface area (Å²) in [5, 5.41) is 4.21. The average molecular weight is 335 g/mol. The van der Waals surface area contributed by atoms with Crippen LogP contribution < -0.4 is 9.46 Å². The van der Waals surface area contributed by atoms with Crippen molar-refractivity contribution in [1.29, 1.82) is 0 Å². The molecule has 0 spiro atoms. The Balaban J connectivity index is 2.32. The van der Waals surface area contributed by atoms with Gasteiger partial charge in [0.15, 0.2) is 0 Å². The number of aromatic nitrogens is 2. The molecular weight excluding hydrogens is 310 g/mol. The van der Waals surface area contributed by atoms with Crippen molar-refractivity contribution in [3.05, 3.63) is 36.2 Å². The van der Waals surface area contributed by atoms with Crippen LogP contribution in [0.3, 0.4) is 0 Å². The number of nitrogens with zero attached hydrogens (tertiary/aromatic N) is 2. The standard InChI is InChI=1S/C17H25N3O2S/c1-12(19-23(21)17(2,3)4)15-9-13(7-8-16(15)22-6)14-10-18-20(5)11-14/h7-12,19H,1-6H3/t12-,23+/m1/s1. The third-order valence-corrected chi connectivity index (χ3v) is 5.25. The van der Waals surface area contributed by atoms with Gasteiger partial charge in [0.05, 0.1) is 19.3 Å². The molecule has 0 amide bonds. The van der Waals surface area contributed by atoms with Gasteiger partial charge in [0.25, 0.3) is 0 Å². The quantitative estimate of drug-likeness (QED) is 0.852. The van der Waals surface area contributed by atoms with Crippen molar-refractivity contribution in [2.24, 2.45) is 7.05 Å². The second-order valence-electron chi connectivity index (χ2n) is 6.58. The van der Waals surface area contributed by atoms with E-state index in [1.54, 1.807) is 11.8 Å². The van der Waals surface area contributed by atoms with Crippen molar-refractivity contribution in [3.8, 4) is 16.9 Å². The molecule has 0 radical (unpaired) electrons. The first-order valence-electron chi connectivity index (χ1n) is 7.57. The topological polar surface area (TPSA) is 62.1 Å². The van der Waals surface area contributed by atoms with Crippen LogP contribution in [0.5, 0.6) is 5.75 Å². The van der Waals surface area contributed by atoms with Gasteiger partial charge in [-0.05, 0) is 45.4 Å². The Morgan fingerprint density at radius 1 is 1.30 bits per heavy atom. The van der Waals surface area contributed by atoms with E-state index in [0.29, 0.717) is 0 Å². The van der Waals surface area contributed by atoms with Gasteiger partial charge < -0.3 is 9.29 Å². The molecule has 0 bridgehead atoms. The average Bonchev–Trinajstić information content (AvgIpc) is 2.92. The van der Waals surface area contributed by atoms with Crippen LogP contribution in [0.4, 0.5) is 0 Å². The molecule has 2 rings (SSSR count). The lowest BCUT2D eigenvalue weighted by atomic mass is 10.0. The molecule has 5 nitrogen and oxygen atoms in total. The van der Waals surface area contributed by atoms with Crippen LogP contribution in [0.15, 0.2) is 30.6 Å². The zero-order valence-corrected chi connectivity index (χ0v) is 15.4. The van der Waals surface area contributed by atoms with Gasteiger partial charge in [-0.25, -0.2) is 0 Å². The largest absolute Gasteiger partial charge is 0.598 e. The monoisotopic (exact) mass is 335 g/mol. The minimum absolute atomic E-state index is 0.0957. The predicted molar refractivity (Wildman–Crippen MR) is 94.6 cm³/mol. The van der Waals surface area contributed by atoms with Crippen LogP contribution in [0.1, 0.15) is 39.3 Å². The van der Waals surface area contributed by atoms with Gasteiger partial charge in [0, 0.05) is 35.7 Å². The van der Waals surface area contributed by atoms with E-state index in [4.69, 9.17) is 4.74 Å². The van der Waals surface area contributed by atoms with Crippen molar-refractivity contribution in [2.75, 3.05) is 7.11 Å². The number of methoxy groups -OCH3 is 1. The van der Waals surface area contributed by atoms with Crippen LogP contribution in [0.2, 0.25) is 0 Å². The Labute approximate surface area is 141 Å². The molecule has 0 aliphatic carbocycles. The summed E-state index contributed by atoms with van der Waals surface area (Å²) in [5.74, 6) is 0.781. The summed E-state index contributed by atoms with van der Waals surface area (Å²) in [4.78, 5) is 0. The summed E-state index contributed by atoms with van der Waals surface area (Å²) in [7, 11) is 3.54. The van der Waals surface area contributed by atoms with E-state index in [0.717, 1.165) is 22.4 Å². The first-order valence-corrected chi connectivity index (χ1v) is 8.72. The second-order valence-corrected chi connectivity index (χ2v) is 8.58. The summed E-state index contributed by atoms with van der Waals surface area (Å²) in [6.07, 6.45) is 3.80. The predicted octanol–water partition coefficient (Wildman–Crippen LogP) is 3.21. The Hall–Kier alpha value is -1.50. The molecule has 0 aliphatic rings. The molecule has 0 unspecified atom stereocenters. The normalized spacial score (nSPS) is 14.6. The van der Waals surface area contributed by atoms with Gasteiger partial charge in [0.2, 0.25) is 0 Å². The van der Waals surface area contributed by atoms with Gasteiger partial charge in [-0.2, -0.15) is 5.10 Å². The van der Waals surface area contributed by atoms with Crippen LogP contribution in [0.25, 0.3) is 11.1 Å². The van der Waals surface area contributed by atoms with Gasteiger partial charge >= 0.3 is 0 Å². The molecule has 126 valence electrons. The molecule has 6 heteroatoms. The molecule has 2 atom stereocenters. The maximum atomic E-state index is 12.4. The second kappa shape index (κ2) is 6.95. The van der Waals surface area contributed by atoms with E-state index in [-0.39, 0.29) is 10.8 Å². The van der Waals surface area contributed by atoms with E-state index in [1.807, 2.05) is 59.3 Å². The van der Waals surface area contributed by atoms with E-state index in [1.165, 1.54) is 0 Å². The molecule has 2 aromatic rings. The summed E-state index contributed by atoms with van der Waals surface area (Å²) >= 11 is -1.15. The highest BCUT2D eigenvalue weighted by molar-refractivity contribution is 7.90. The van der Waals surface area contributed by atoms with Gasteiger partial charge in [-0.1, -0.05) is 6.07 Å². The summed E-state index contributed by atoms with van der Waals surface area (Å²) in [5.41, 5.74) is 3.08. The summed E-state index contributed by atoms with van der Waals surface area (Å²) < 4.78 is 22.4. The first kappa shape index (κ1) is 17.8. The third-order valence-electron chi connectivity index (χ3n) is 3.57. The fraction of sp³-hybridized carbons (Fsp3) is 0.471. The van der Waals surface area contributed by atoms with E-state index in [9.17, 15) is 4.55 Å². The number of rotatable bonds is 5. The molecule has 0 saturated carbocycles. The zero-order chi connectivity index (χ0) is 17.2. The molecular formula is C17H25N3O2S. The summed E-state index contributed by atoms with van der Waals surface area (Å²) in [6.45, 7) is 7.85. The highest BCUT2D eigenvalue weighted by Crippen LogP contribution is 2.31. The lowest BCUT2D eigenvalue weighted by Crippen LogP contribution is -2.40. The zero-order valence-electron chi connectivity index (χ0n) is 14.6. The van der Waals surface area contributed by atoms with Crippen LogP contribution >= 0.6 is 0 Å². The molecule has 1 heterocycles. The van der Waals surface area contributed by atoms with Crippen molar-refractivity contribution in [2.45, 2.75) is 38.5 Å². The molecule has 1 N–H and O–H groups in total. The number of aryl methyl sites for hydroxylation is 1. The molecule has 23 heavy (non-hydrogen) atoms. The SMILES string of the molecule is COc1ccc(-c2cnn(C)c2)cc1[C@@H](C)N[S@@+]([O-])C(C)(C)C.